The summed E-state index contributed by atoms with van der Waals surface area (Å²) < 4.78 is 0. The Morgan fingerprint density at radius 2 is 0.750 bits per heavy atom. The summed E-state index contributed by atoms with van der Waals surface area (Å²) >= 11 is 0. The van der Waals surface area contributed by atoms with Gasteiger partial charge < -0.3 is 0 Å². The molecule has 122 valence electrons. The largest absolute Gasteiger partial charge is 0.0654 e. The molecule has 0 heterocycles. The minimum absolute atomic E-state index is 0.972. The molecule has 0 fully saturated rings. The van der Waals surface area contributed by atoms with Crippen molar-refractivity contribution in [3.05, 3.63) is 0 Å². The monoisotopic (exact) mass is 282 g/mol. The molecule has 0 radical (unpaired) electrons. The summed E-state index contributed by atoms with van der Waals surface area (Å²) in [5.74, 6) is 0.972. The van der Waals surface area contributed by atoms with Crippen LogP contribution in [0, 0.1) is 5.92 Å². The normalized spacial score (nSPS) is 12.8. The van der Waals surface area contributed by atoms with E-state index in [1.165, 1.54) is 103 Å². The van der Waals surface area contributed by atoms with Gasteiger partial charge in [0.25, 0.3) is 0 Å². The first-order valence-corrected chi connectivity index (χ1v) is 9.81. The van der Waals surface area contributed by atoms with Crippen LogP contribution in [-0.4, -0.2) is 0 Å². The quantitative estimate of drug-likeness (QED) is 0.252. The van der Waals surface area contributed by atoms with E-state index in [1.54, 1.807) is 0 Å². The van der Waals surface area contributed by atoms with Crippen molar-refractivity contribution in [1.82, 2.24) is 0 Å². The van der Waals surface area contributed by atoms with E-state index in [0.717, 1.165) is 5.92 Å². The van der Waals surface area contributed by atoms with Crippen LogP contribution in [0.5, 0.6) is 0 Å². The molecule has 1 atom stereocenters. The van der Waals surface area contributed by atoms with Gasteiger partial charge in [-0.15, -0.1) is 0 Å². The van der Waals surface area contributed by atoms with Crippen LogP contribution in [0.1, 0.15) is 124 Å². The third kappa shape index (κ3) is 16.1. The van der Waals surface area contributed by atoms with Crippen molar-refractivity contribution in [2.45, 2.75) is 124 Å². The van der Waals surface area contributed by atoms with Gasteiger partial charge in [-0.2, -0.15) is 0 Å². The second kappa shape index (κ2) is 17.1. The summed E-state index contributed by atoms with van der Waals surface area (Å²) in [6.07, 6.45) is 23.3. The van der Waals surface area contributed by atoms with Crippen LogP contribution in [0.25, 0.3) is 0 Å². The summed E-state index contributed by atoms with van der Waals surface area (Å²) in [4.78, 5) is 0. The smallest absolute Gasteiger partial charge is 0.0443 e. The predicted molar refractivity (Wildman–Crippen MR) is 94.4 cm³/mol. The molecule has 0 aliphatic rings. The van der Waals surface area contributed by atoms with Crippen LogP contribution in [-0.2, 0) is 0 Å². The van der Waals surface area contributed by atoms with Gasteiger partial charge in [-0.25, -0.2) is 0 Å². The molecule has 0 heteroatoms. The molecule has 0 saturated heterocycles. The van der Waals surface area contributed by atoms with Gasteiger partial charge >= 0.3 is 0 Å². The van der Waals surface area contributed by atoms with Crippen molar-refractivity contribution in [1.29, 1.82) is 0 Å². The molecule has 0 N–H and O–H groups in total. The van der Waals surface area contributed by atoms with Gasteiger partial charge in [-0.05, 0) is 5.92 Å². The Hall–Kier alpha value is 0. The maximum Gasteiger partial charge on any atom is -0.0443 e. The van der Waals surface area contributed by atoms with Crippen LogP contribution in [0.15, 0.2) is 0 Å². The Labute approximate surface area is 130 Å². The molecule has 0 saturated carbocycles. The Kier molecular flexibility index (Phi) is 17.1. The lowest BCUT2D eigenvalue weighted by Crippen LogP contribution is -1.94. The van der Waals surface area contributed by atoms with Crippen molar-refractivity contribution in [3.8, 4) is 0 Å². The van der Waals surface area contributed by atoms with E-state index in [1.807, 2.05) is 0 Å². The predicted octanol–water partition coefficient (Wildman–Crippen LogP) is 7.90. The molecule has 0 aromatic rings. The standard InChI is InChI=1S/C20H42/c1-4-6-8-9-10-11-12-13-14-15-17-19-20(3)18-16-7-5-2/h20H,4-19H2,1-3H3/t20-/m0/s1. The number of unbranched alkanes of at least 4 members (excludes halogenated alkanes) is 12. The average Bonchev–Trinajstić information content (AvgIpc) is 2.45. The van der Waals surface area contributed by atoms with E-state index in [0.29, 0.717) is 0 Å². The van der Waals surface area contributed by atoms with Crippen molar-refractivity contribution >= 4 is 0 Å². The highest BCUT2D eigenvalue weighted by Gasteiger charge is 2.01. The topological polar surface area (TPSA) is 0 Å². The highest BCUT2D eigenvalue weighted by molar-refractivity contribution is 4.55. The van der Waals surface area contributed by atoms with Crippen LogP contribution >= 0.6 is 0 Å². The fraction of sp³-hybridized carbons (Fsp3) is 1.00. The summed E-state index contributed by atoms with van der Waals surface area (Å²) in [6, 6.07) is 0. The van der Waals surface area contributed by atoms with Gasteiger partial charge in [0.2, 0.25) is 0 Å². The van der Waals surface area contributed by atoms with E-state index in [2.05, 4.69) is 20.8 Å². The molecule has 0 aromatic heterocycles. The highest BCUT2D eigenvalue weighted by Crippen LogP contribution is 2.18. The summed E-state index contributed by atoms with van der Waals surface area (Å²) in [7, 11) is 0. The van der Waals surface area contributed by atoms with Gasteiger partial charge in [0.05, 0.1) is 0 Å². The van der Waals surface area contributed by atoms with Crippen molar-refractivity contribution < 1.29 is 0 Å². The van der Waals surface area contributed by atoms with Crippen LogP contribution in [0.4, 0.5) is 0 Å². The fourth-order valence-electron chi connectivity index (χ4n) is 3.04. The second-order valence-electron chi connectivity index (χ2n) is 6.93. The lowest BCUT2D eigenvalue weighted by atomic mass is 9.96. The highest BCUT2D eigenvalue weighted by atomic mass is 14.1. The lowest BCUT2D eigenvalue weighted by molar-refractivity contribution is 0.435. The van der Waals surface area contributed by atoms with Gasteiger partial charge in [0, 0.05) is 0 Å². The van der Waals surface area contributed by atoms with Gasteiger partial charge in [0.1, 0.15) is 0 Å². The Morgan fingerprint density at radius 3 is 1.20 bits per heavy atom. The molecule has 0 aliphatic heterocycles. The third-order valence-corrected chi connectivity index (χ3v) is 4.60. The van der Waals surface area contributed by atoms with E-state index in [9.17, 15) is 0 Å². The lowest BCUT2D eigenvalue weighted by Gasteiger charge is -2.10. The van der Waals surface area contributed by atoms with Gasteiger partial charge in [0.15, 0.2) is 0 Å². The Balaban J connectivity index is 3.05. The molecule has 0 aliphatic carbocycles. The average molecular weight is 283 g/mol. The zero-order valence-electron chi connectivity index (χ0n) is 14.9. The first-order chi connectivity index (χ1) is 9.81. The molecule has 0 unspecified atom stereocenters. The first-order valence-electron chi connectivity index (χ1n) is 9.81. The minimum Gasteiger partial charge on any atom is -0.0654 e. The van der Waals surface area contributed by atoms with Crippen molar-refractivity contribution in [3.63, 3.8) is 0 Å². The Morgan fingerprint density at radius 1 is 0.450 bits per heavy atom. The molecule has 0 spiro atoms. The number of rotatable bonds is 16. The second-order valence-corrected chi connectivity index (χ2v) is 6.93. The molecular formula is C20H42. The zero-order valence-corrected chi connectivity index (χ0v) is 14.9. The molecule has 0 nitrogen and oxygen atoms in total. The van der Waals surface area contributed by atoms with E-state index >= 15 is 0 Å². The Bertz CT molecular complexity index is 161. The summed E-state index contributed by atoms with van der Waals surface area (Å²) in [5, 5.41) is 0. The fourth-order valence-corrected chi connectivity index (χ4v) is 3.04. The van der Waals surface area contributed by atoms with Crippen molar-refractivity contribution in [2.75, 3.05) is 0 Å². The number of hydrogen-bond acceptors (Lipinski definition) is 0. The van der Waals surface area contributed by atoms with Crippen LogP contribution in [0.3, 0.4) is 0 Å². The number of hydrogen-bond donors (Lipinski definition) is 0. The van der Waals surface area contributed by atoms with Crippen LogP contribution < -0.4 is 0 Å². The molecular weight excluding hydrogens is 240 g/mol. The molecule has 20 heavy (non-hydrogen) atoms. The van der Waals surface area contributed by atoms with E-state index in [-0.39, 0.29) is 0 Å². The molecule has 0 bridgehead atoms. The van der Waals surface area contributed by atoms with Crippen molar-refractivity contribution in [2.24, 2.45) is 5.92 Å². The molecule has 0 rings (SSSR count). The molecule has 0 amide bonds. The van der Waals surface area contributed by atoms with E-state index in [4.69, 9.17) is 0 Å². The van der Waals surface area contributed by atoms with E-state index < -0.39 is 0 Å². The molecule has 0 aromatic carbocycles. The third-order valence-electron chi connectivity index (χ3n) is 4.60. The van der Waals surface area contributed by atoms with Gasteiger partial charge in [-0.3, -0.25) is 0 Å². The summed E-state index contributed by atoms with van der Waals surface area (Å²) in [5.41, 5.74) is 0. The minimum atomic E-state index is 0.972. The SMILES string of the molecule is CCCCCCCCCCCCC[C@@H](C)CCCCC. The first kappa shape index (κ1) is 20.0. The maximum absolute atomic E-state index is 2.45. The maximum atomic E-state index is 2.45. The zero-order chi connectivity index (χ0) is 14.9. The van der Waals surface area contributed by atoms with Crippen LogP contribution in [0.2, 0.25) is 0 Å². The van der Waals surface area contributed by atoms with Gasteiger partial charge in [-0.1, -0.05) is 124 Å². The summed E-state index contributed by atoms with van der Waals surface area (Å²) in [6.45, 7) is 7.05.